The van der Waals surface area contributed by atoms with Gasteiger partial charge in [-0.2, -0.15) is 0 Å². The van der Waals surface area contributed by atoms with Gasteiger partial charge in [-0.15, -0.1) is 12.4 Å². The molecule has 0 aromatic carbocycles. The zero-order valence-electron chi connectivity index (χ0n) is 10.0. The number of nitrogens with two attached hydrogens (primary N) is 1. The van der Waals surface area contributed by atoms with Crippen LogP contribution in [0, 0.1) is 5.92 Å². The summed E-state index contributed by atoms with van der Waals surface area (Å²) in [6.45, 7) is 2.16. The van der Waals surface area contributed by atoms with Crippen LogP contribution in [0.1, 0.15) is 26.2 Å². The van der Waals surface area contributed by atoms with Crippen LogP contribution in [0.4, 0.5) is 0 Å². The summed E-state index contributed by atoms with van der Waals surface area (Å²) in [6, 6.07) is -0.0515. The highest BCUT2D eigenvalue weighted by Crippen LogP contribution is 2.32. The van der Waals surface area contributed by atoms with E-state index in [1.54, 1.807) is 6.92 Å². The van der Waals surface area contributed by atoms with Gasteiger partial charge in [-0.1, -0.05) is 6.92 Å². The van der Waals surface area contributed by atoms with Crippen molar-refractivity contribution in [2.24, 2.45) is 11.7 Å². The van der Waals surface area contributed by atoms with Crippen molar-refractivity contribution in [2.45, 2.75) is 32.2 Å². The number of sulfone groups is 1. The van der Waals surface area contributed by atoms with Crippen molar-refractivity contribution < 1.29 is 13.2 Å². The first-order valence-electron chi connectivity index (χ1n) is 5.68. The van der Waals surface area contributed by atoms with Crippen molar-refractivity contribution >= 4 is 28.2 Å². The van der Waals surface area contributed by atoms with Gasteiger partial charge in [0.1, 0.15) is 5.75 Å². The van der Waals surface area contributed by atoms with Gasteiger partial charge in [-0.25, -0.2) is 8.42 Å². The smallest absolute Gasteiger partial charge is 0.235 e. The lowest BCUT2D eigenvalue weighted by Crippen LogP contribution is -2.44. The summed E-state index contributed by atoms with van der Waals surface area (Å²) >= 11 is 0. The first-order chi connectivity index (χ1) is 7.48. The Morgan fingerprint density at radius 2 is 2.06 bits per heavy atom. The molecule has 0 radical (unpaired) electrons. The van der Waals surface area contributed by atoms with Crippen LogP contribution in [0.25, 0.3) is 0 Å². The van der Waals surface area contributed by atoms with E-state index in [0.29, 0.717) is 18.9 Å². The third-order valence-corrected chi connectivity index (χ3v) is 4.39. The Morgan fingerprint density at radius 1 is 1.47 bits per heavy atom. The van der Waals surface area contributed by atoms with E-state index >= 15 is 0 Å². The topological polar surface area (TPSA) is 89.3 Å². The fraction of sp³-hybridized carbons (Fsp3) is 0.900. The largest absolute Gasteiger partial charge is 0.351 e. The molecule has 3 N–H and O–H groups in total. The fourth-order valence-corrected chi connectivity index (χ4v) is 2.95. The normalized spacial score (nSPS) is 17.1. The predicted octanol–water partition coefficient (Wildman–Crippen LogP) is 0.0865. The van der Waals surface area contributed by atoms with E-state index in [9.17, 15) is 13.2 Å². The quantitative estimate of drug-likeness (QED) is 0.693. The molecule has 1 aliphatic carbocycles. The monoisotopic (exact) mass is 284 g/mol. The summed E-state index contributed by atoms with van der Waals surface area (Å²) in [5, 5.41) is 2.70. The molecule has 1 saturated carbocycles. The molecule has 1 atom stereocenters. The molecule has 0 saturated heterocycles. The summed E-state index contributed by atoms with van der Waals surface area (Å²) in [6.07, 6.45) is 2.69. The van der Waals surface area contributed by atoms with E-state index in [0.717, 1.165) is 12.8 Å². The highest BCUT2D eigenvalue weighted by atomic mass is 35.5. The molecule has 0 heterocycles. The third kappa shape index (κ3) is 6.24. The zero-order chi connectivity index (χ0) is 12.2. The Kier molecular flexibility index (Phi) is 7.04. The van der Waals surface area contributed by atoms with Crippen molar-refractivity contribution in [3.63, 3.8) is 0 Å². The zero-order valence-corrected chi connectivity index (χ0v) is 11.6. The van der Waals surface area contributed by atoms with Crippen molar-refractivity contribution in [2.75, 3.05) is 18.1 Å². The standard InChI is InChI=1S/C10H20N2O3S.ClH/c1-2-5-16(14,15)7-10(13)12-9(6-11)8-3-4-8;/h8-9H,2-7,11H2,1H3,(H,12,13);1H. The van der Waals surface area contributed by atoms with Crippen molar-refractivity contribution in [3.05, 3.63) is 0 Å². The minimum Gasteiger partial charge on any atom is -0.351 e. The van der Waals surface area contributed by atoms with Gasteiger partial charge in [-0.05, 0) is 25.2 Å². The van der Waals surface area contributed by atoms with E-state index in [2.05, 4.69) is 5.32 Å². The molecule has 0 aromatic rings. The van der Waals surface area contributed by atoms with Crippen molar-refractivity contribution in [3.8, 4) is 0 Å². The Morgan fingerprint density at radius 3 is 2.47 bits per heavy atom. The van der Waals surface area contributed by atoms with Gasteiger partial charge in [-0.3, -0.25) is 4.79 Å². The van der Waals surface area contributed by atoms with Crippen LogP contribution >= 0.6 is 12.4 Å². The summed E-state index contributed by atoms with van der Waals surface area (Å²) in [5.74, 6) is -0.320. The molecule has 1 rings (SSSR count). The molecule has 1 amide bonds. The van der Waals surface area contributed by atoms with E-state index in [-0.39, 0.29) is 24.2 Å². The lowest BCUT2D eigenvalue weighted by molar-refractivity contribution is -0.119. The molecule has 17 heavy (non-hydrogen) atoms. The van der Waals surface area contributed by atoms with Gasteiger partial charge < -0.3 is 11.1 Å². The van der Waals surface area contributed by atoms with Gasteiger partial charge in [0, 0.05) is 12.6 Å². The summed E-state index contributed by atoms with van der Waals surface area (Å²) in [4.78, 5) is 11.5. The minimum absolute atomic E-state index is 0. The van der Waals surface area contributed by atoms with Crippen molar-refractivity contribution in [1.82, 2.24) is 5.32 Å². The highest BCUT2D eigenvalue weighted by Gasteiger charge is 2.31. The molecule has 1 unspecified atom stereocenters. The van der Waals surface area contributed by atoms with Crippen LogP contribution in [-0.4, -0.2) is 38.4 Å². The number of nitrogens with one attached hydrogen (secondary N) is 1. The summed E-state index contributed by atoms with van der Waals surface area (Å²) in [5.41, 5.74) is 5.52. The van der Waals surface area contributed by atoms with Gasteiger partial charge in [0.15, 0.2) is 9.84 Å². The number of hydrogen-bond donors (Lipinski definition) is 2. The number of rotatable bonds is 7. The number of halogens is 1. The second-order valence-corrected chi connectivity index (χ2v) is 6.52. The molecule has 102 valence electrons. The molecular formula is C10H21ClN2O3S. The predicted molar refractivity (Wildman–Crippen MR) is 69.9 cm³/mol. The molecule has 0 aliphatic heterocycles. The number of amides is 1. The molecular weight excluding hydrogens is 264 g/mol. The van der Waals surface area contributed by atoms with Crippen LogP contribution in [0.15, 0.2) is 0 Å². The van der Waals surface area contributed by atoms with Crippen molar-refractivity contribution in [1.29, 1.82) is 0 Å². The van der Waals surface area contributed by atoms with E-state index in [1.165, 1.54) is 0 Å². The molecule has 1 aliphatic rings. The minimum atomic E-state index is -3.24. The Labute approximate surface area is 109 Å². The molecule has 0 spiro atoms. The first-order valence-corrected chi connectivity index (χ1v) is 7.50. The second kappa shape index (κ2) is 7.18. The van der Waals surface area contributed by atoms with Gasteiger partial charge >= 0.3 is 0 Å². The maximum atomic E-state index is 11.5. The fourth-order valence-electron chi connectivity index (χ4n) is 1.70. The Bertz CT molecular complexity index is 341. The van der Waals surface area contributed by atoms with Crippen LogP contribution in [-0.2, 0) is 14.6 Å². The van der Waals surface area contributed by atoms with Crippen LogP contribution < -0.4 is 11.1 Å². The lowest BCUT2D eigenvalue weighted by Gasteiger charge is -2.15. The second-order valence-electron chi connectivity index (χ2n) is 4.34. The SMILES string of the molecule is CCCS(=O)(=O)CC(=O)NC(CN)C1CC1.Cl. The van der Waals surface area contributed by atoms with E-state index in [1.807, 2.05) is 0 Å². The Hall–Kier alpha value is -0.330. The maximum Gasteiger partial charge on any atom is 0.235 e. The average Bonchev–Trinajstić information content (AvgIpc) is 2.96. The van der Waals surface area contributed by atoms with Crippen LogP contribution in [0.5, 0.6) is 0 Å². The summed E-state index contributed by atoms with van der Waals surface area (Å²) < 4.78 is 22.8. The summed E-state index contributed by atoms with van der Waals surface area (Å²) in [7, 11) is -3.24. The molecule has 0 aromatic heterocycles. The maximum absolute atomic E-state index is 11.5. The molecule has 5 nitrogen and oxygen atoms in total. The van der Waals surface area contributed by atoms with Gasteiger partial charge in [0.05, 0.1) is 5.75 Å². The number of carbonyl (C=O) groups excluding carboxylic acids is 1. The number of hydrogen-bond acceptors (Lipinski definition) is 4. The van der Waals surface area contributed by atoms with Gasteiger partial charge in [0.2, 0.25) is 5.91 Å². The highest BCUT2D eigenvalue weighted by molar-refractivity contribution is 7.92. The number of carbonyl (C=O) groups is 1. The lowest BCUT2D eigenvalue weighted by atomic mass is 10.2. The van der Waals surface area contributed by atoms with E-state index in [4.69, 9.17) is 5.73 Å². The average molecular weight is 285 g/mol. The molecule has 7 heteroatoms. The molecule has 1 fully saturated rings. The Balaban J connectivity index is 0.00000256. The van der Waals surface area contributed by atoms with Crippen LogP contribution in [0.3, 0.4) is 0 Å². The van der Waals surface area contributed by atoms with E-state index < -0.39 is 21.5 Å². The third-order valence-electron chi connectivity index (χ3n) is 2.66. The first kappa shape index (κ1) is 16.7. The van der Waals surface area contributed by atoms with Crippen LogP contribution in [0.2, 0.25) is 0 Å². The van der Waals surface area contributed by atoms with Gasteiger partial charge in [0.25, 0.3) is 0 Å². The molecule has 0 bridgehead atoms.